The summed E-state index contributed by atoms with van der Waals surface area (Å²) >= 11 is 0. The first-order valence-electron chi connectivity index (χ1n) is 11.3. The zero-order valence-electron chi connectivity index (χ0n) is 19.1. The number of pyridine rings is 1. The Morgan fingerprint density at radius 1 is 1.03 bits per heavy atom. The molecule has 0 spiro atoms. The van der Waals surface area contributed by atoms with Crippen LogP contribution in [0.15, 0.2) is 35.2 Å². The van der Waals surface area contributed by atoms with Gasteiger partial charge in [0, 0.05) is 32.3 Å². The molecule has 0 amide bonds. The maximum atomic E-state index is 13.1. The summed E-state index contributed by atoms with van der Waals surface area (Å²) in [4.78, 5) is 7.10. The molecule has 2 aliphatic rings. The zero-order valence-corrected chi connectivity index (χ0v) is 20.0. The lowest BCUT2D eigenvalue weighted by atomic mass is 9.83. The molecule has 0 atom stereocenters. The van der Waals surface area contributed by atoms with E-state index in [9.17, 15) is 8.42 Å². The van der Waals surface area contributed by atoms with Gasteiger partial charge in [-0.1, -0.05) is 12.1 Å². The largest absolute Gasteiger partial charge is 0.479 e. The molecular weight excluding hydrogens is 426 g/mol. The number of sulfonamides is 1. The van der Waals surface area contributed by atoms with Crippen LogP contribution in [0.25, 0.3) is 0 Å². The molecule has 0 unspecified atom stereocenters. The van der Waals surface area contributed by atoms with Crippen LogP contribution in [-0.4, -0.2) is 58.8 Å². The van der Waals surface area contributed by atoms with Crippen LogP contribution in [0.3, 0.4) is 0 Å². The van der Waals surface area contributed by atoms with Crippen LogP contribution in [0.5, 0.6) is 5.88 Å². The van der Waals surface area contributed by atoms with E-state index in [2.05, 4.69) is 21.7 Å². The number of anilines is 1. The van der Waals surface area contributed by atoms with Crippen molar-refractivity contribution in [1.82, 2.24) is 9.88 Å². The minimum absolute atomic E-state index is 0.239. The number of hydrogen-bond acceptors (Lipinski definition) is 6. The first-order valence-corrected chi connectivity index (χ1v) is 12.8. The van der Waals surface area contributed by atoms with Crippen molar-refractivity contribution in [3.05, 3.63) is 47.2 Å². The van der Waals surface area contributed by atoms with Gasteiger partial charge in [0.25, 0.3) is 10.0 Å². The summed E-state index contributed by atoms with van der Waals surface area (Å²) in [7, 11) is 1.61. The lowest BCUT2D eigenvalue weighted by Crippen LogP contribution is -2.20. The molecule has 1 aromatic carbocycles. The van der Waals surface area contributed by atoms with Crippen LogP contribution in [0.4, 0.5) is 5.69 Å². The predicted molar refractivity (Wildman–Crippen MR) is 125 cm³/mol. The molecule has 2 aromatic rings. The van der Waals surface area contributed by atoms with E-state index in [1.165, 1.54) is 12.7 Å². The fourth-order valence-corrected chi connectivity index (χ4v) is 5.76. The van der Waals surface area contributed by atoms with Crippen molar-refractivity contribution in [2.75, 3.05) is 39.1 Å². The standard InChI is InChI=1S/C24H33N3O4S/c1-27-14-12-19-16-23(24(31-3)25-22(19)13-15-27)26-32(28,29)21-10-6-18(7-11-21)17-4-8-20(30-2)9-5-17/h6-7,10-11,16-17,20,26H,4-5,8-9,12-15H2,1-3H3. The minimum Gasteiger partial charge on any atom is -0.479 e. The topological polar surface area (TPSA) is 80.8 Å². The fraction of sp³-hybridized carbons (Fsp3) is 0.542. The quantitative estimate of drug-likeness (QED) is 0.711. The van der Waals surface area contributed by atoms with Gasteiger partial charge in [0.1, 0.15) is 5.69 Å². The average Bonchev–Trinajstić information content (AvgIpc) is 2.99. The number of methoxy groups -OCH3 is 2. The lowest BCUT2D eigenvalue weighted by Gasteiger charge is -2.27. The van der Waals surface area contributed by atoms with Crippen molar-refractivity contribution in [2.24, 2.45) is 0 Å². The van der Waals surface area contributed by atoms with Crippen molar-refractivity contribution in [3.8, 4) is 5.88 Å². The van der Waals surface area contributed by atoms with Gasteiger partial charge in [0.05, 0.1) is 18.1 Å². The van der Waals surface area contributed by atoms with E-state index in [1.54, 1.807) is 19.2 Å². The van der Waals surface area contributed by atoms with Crippen molar-refractivity contribution in [3.63, 3.8) is 0 Å². The maximum Gasteiger partial charge on any atom is 0.262 e. The number of nitrogens with one attached hydrogen (secondary N) is 1. The van der Waals surface area contributed by atoms with E-state index in [0.29, 0.717) is 23.6 Å². The lowest BCUT2D eigenvalue weighted by molar-refractivity contribution is 0.0658. The summed E-state index contributed by atoms with van der Waals surface area (Å²) in [6.07, 6.45) is 6.22. The van der Waals surface area contributed by atoms with Crippen LogP contribution in [-0.2, 0) is 27.6 Å². The highest BCUT2D eigenvalue weighted by Gasteiger charge is 2.24. The molecule has 1 aromatic heterocycles. The number of ether oxygens (including phenoxy) is 2. The molecule has 1 N–H and O–H groups in total. The number of hydrogen-bond donors (Lipinski definition) is 1. The first-order chi connectivity index (χ1) is 15.4. The van der Waals surface area contributed by atoms with Crippen LogP contribution >= 0.6 is 0 Å². The molecule has 1 aliphatic heterocycles. The Hall–Kier alpha value is -2.16. The highest BCUT2D eigenvalue weighted by Crippen LogP contribution is 2.35. The number of likely N-dealkylation sites (N-methyl/N-ethyl adjacent to an activating group) is 1. The number of rotatable bonds is 6. The molecule has 7 nitrogen and oxygen atoms in total. The molecule has 1 fully saturated rings. The average molecular weight is 460 g/mol. The highest BCUT2D eigenvalue weighted by atomic mass is 32.2. The second-order valence-electron chi connectivity index (χ2n) is 8.84. The van der Waals surface area contributed by atoms with Crippen molar-refractivity contribution < 1.29 is 17.9 Å². The Morgan fingerprint density at radius 2 is 1.72 bits per heavy atom. The SMILES string of the molecule is COc1nc2c(cc1NS(=O)(=O)c1ccc(C3CCC(OC)CC3)cc1)CCN(C)CC2. The number of fused-ring (bicyclic) bond motifs is 1. The summed E-state index contributed by atoms with van der Waals surface area (Å²) < 4.78 is 39.8. The van der Waals surface area contributed by atoms with Gasteiger partial charge in [0.2, 0.25) is 5.88 Å². The first kappa shape index (κ1) is 23.0. The molecule has 1 saturated carbocycles. The fourth-order valence-electron chi connectivity index (χ4n) is 4.71. The maximum absolute atomic E-state index is 13.1. The molecule has 8 heteroatoms. The van der Waals surface area contributed by atoms with E-state index >= 15 is 0 Å². The van der Waals surface area contributed by atoms with Gasteiger partial charge in [-0.05, 0) is 74.4 Å². The summed E-state index contributed by atoms with van der Waals surface area (Å²) in [5.41, 5.74) is 3.61. The van der Waals surface area contributed by atoms with Gasteiger partial charge in [-0.15, -0.1) is 0 Å². The molecule has 174 valence electrons. The molecule has 32 heavy (non-hydrogen) atoms. The van der Waals surface area contributed by atoms with Gasteiger partial charge in [0.15, 0.2) is 0 Å². The Morgan fingerprint density at radius 3 is 2.38 bits per heavy atom. The Bertz CT molecular complexity index is 1030. The Labute approximate surface area is 191 Å². The van der Waals surface area contributed by atoms with Crippen LogP contribution in [0.2, 0.25) is 0 Å². The second kappa shape index (κ2) is 9.77. The number of aromatic nitrogens is 1. The monoisotopic (exact) mass is 459 g/mol. The molecule has 2 heterocycles. The normalized spacial score (nSPS) is 22.1. The Balaban J connectivity index is 1.52. The summed E-state index contributed by atoms with van der Waals surface area (Å²) in [6.45, 7) is 1.84. The van der Waals surface area contributed by atoms with Crippen molar-refractivity contribution in [1.29, 1.82) is 0 Å². The van der Waals surface area contributed by atoms with Gasteiger partial charge in [-0.2, -0.15) is 0 Å². The van der Waals surface area contributed by atoms with E-state index in [1.807, 2.05) is 18.2 Å². The molecule has 4 rings (SSSR count). The zero-order chi connectivity index (χ0) is 22.7. The minimum atomic E-state index is -3.75. The third-order valence-corrected chi connectivity index (χ3v) is 8.14. The van der Waals surface area contributed by atoms with Crippen LogP contribution < -0.4 is 9.46 Å². The number of nitrogens with zero attached hydrogens (tertiary/aromatic N) is 2. The highest BCUT2D eigenvalue weighted by molar-refractivity contribution is 7.92. The van der Waals surface area contributed by atoms with Crippen molar-refractivity contribution in [2.45, 2.75) is 55.4 Å². The second-order valence-corrected chi connectivity index (χ2v) is 10.5. The molecule has 0 radical (unpaired) electrons. The van der Waals surface area contributed by atoms with E-state index in [4.69, 9.17) is 9.47 Å². The van der Waals surface area contributed by atoms with Crippen LogP contribution in [0.1, 0.15) is 48.4 Å². The Kier molecular flexibility index (Phi) is 7.02. The van der Waals surface area contributed by atoms with Crippen molar-refractivity contribution >= 4 is 15.7 Å². The summed E-state index contributed by atoms with van der Waals surface area (Å²) in [6, 6.07) is 9.14. The van der Waals surface area contributed by atoms with Crippen LogP contribution in [0, 0.1) is 0 Å². The summed E-state index contributed by atoms with van der Waals surface area (Å²) in [5.74, 6) is 0.765. The number of benzene rings is 1. The molecule has 1 aliphatic carbocycles. The van der Waals surface area contributed by atoms with Gasteiger partial charge >= 0.3 is 0 Å². The van der Waals surface area contributed by atoms with E-state index in [0.717, 1.165) is 62.9 Å². The molecule has 0 saturated heterocycles. The van der Waals surface area contributed by atoms with Gasteiger partial charge in [-0.25, -0.2) is 13.4 Å². The predicted octanol–water partition coefficient (Wildman–Crippen LogP) is 3.59. The third-order valence-electron chi connectivity index (χ3n) is 6.76. The van der Waals surface area contributed by atoms with Gasteiger partial charge in [-0.3, -0.25) is 4.72 Å². The third kappa shape index (κ3) is 5.08. The molecule has 0 bridgehead atoms. The molecular formula is C24H33N3O4S. The summed E-state index contributed by atoms with van der Waals surface area (Å²) in [5, 5.41) is 0. The smallest absolute Gasteiger partial charge is 0.262 e. The van der Waals surface area contributed by atoms with E-state index < -0.39 is 10.0 Å². The van der Waals surface area contributed by atoms with E-state index in [-0.39, 0.29) is 4.90 Å². The van der Waals surface area contributed by atoms with Gasteiger partial charge < -0.3 is 14.4 Å².